The molecule has 0 fully saturated rings. The van der Waals surface area contributed by atoms with E-state index >= 15 is 0 Å². The lowest BCUT2D eigenvalue weighted by molar-refractivity contribution is -0.141. The summed E-state index contributed by atoms with van der Waals surface area (Å²) in [6, 6.07) is 23.6. The Morgan fingerprint density at radius 3 is 2.12 bits per heavy atom. The Morgan fingerprint density at radius 2 is 1.54 bits per heavy atom. The van der Waals surface area contributed by atoms with Crippen LogP contribution in [0.5, 0.6) is 0 Å². The average molecular weight is 598 g/mol. The second-order valence-electron chi connectivity index (χ2n) is 10.7. The van der Waals surface area contributed by atoms with Gasteiger partial charge in [-0.15, -0.1) is 0 Å². The quantitative estimate of drug-likeness (QED) is 0.262. The summed E-state index contributed by atoms with van der Waals surface area (Å²) in [5, 5.41) is 3.45. The Bertz CT molecular complexity index is 1400. The molecule has 0 heterocycles. The molecule has 2 amide bonds. The molecule has 0 aromatic heterocycles. The van der Waals surface area contributed by atoms with E-state index < -0.39 is 16.1 Å². The molecule has 0 radical (unpaired) electrons. The molecule has 1 unspecified atom stereocenters. The predicted molar refractivity (Wildman–Crippen MR) is 166 cm³/mol. The zero-order valence-electron chi connectivity index (χ0n) is 24.2. The number of nitrogens with one attached hydrogen (secondary N) is 1. The van der Waals surface area contributed by atoms with Gasteiger partial charge in [0.05, 0.1) is 11.9 Å². The first kappa shape index (κ1) is 32.2. The lowest BCUT2D eigenvalue weighted by atomic mass is 10.0. The van der Waals surface area contributed by atoms with Crippen LogP contribution in [0.25, 0.3) is 0 Å². The van der Waals surface area contributed by atoms with Gasteiger partial charge in [0.1, 0.15) is 6.04 Å². The zero-order chi connectivity index (χ0) is 30.0. The molecule has 0 saturated heterocycles. The highest BCUT2D eigenvalue weighted by Crippen LogP contribution is 2.27. The van der Waals surface area contributed by atoms with Gasteiger partial charge in [-0.2, -0.15) is 0 Å². The van der Waals surface area contributed by atoms with Gasteiger partial charge in [-0.25, -0.2) is 8.42 Å². The Hall–Kier alpha value is -3.36. The molecule has 0 bridgehead atoms. The van der Waals surface area contributed by atoms with Crippen LogP contribution < -0.4 is 9.62 Å². The van der Waals surface area contributed by atoms with Crippen LogP contribution in [0.4, 0.5) is 5.69 Å². The fourth-order valence-electron chi connectivity index (χ4n) is 4.59. The molecular weight excluding hydrogens is 558 g/mol. The van der Waals surface area contributed by atoms with Crippen molar-refractivity contribution >= 4 is 39.1 Å². The minimum Gasteiger partial charge on any atom is -0.354 e. The molecule has 1 atom stereocenters. The number of carbonyl (C=O) groups is 2. The van der Waals surface area contributed by atoms with Crippen molar-refractivity contribution in [2.75, 3.05) is 23.7 Å². The number of hydrogen-bond acceptors (Lipinski definition) is 4. The Kier molecular flexibility index (Phi) is 11.8. The highest BCUT2D eigenvalue weighted by molar-refractivity contribution is 7.92. The number of hydrogen-bond donors (Lipinski definition) is 1. The van der Waals surface area contributed by atoms with Crippen molar-refractivity contribution in [1.29, 1.82) is 0 Å². The summed E-state index contributed by atoms with van der Waals surface area (Å²) in [6.07, 6.45) is 1.85. The number of nitrogens with zero attached hydrogens (tertiary/aromatic N) is 2. The van der Waals surface area contributed by atoms with E-state index in [0.29, 0.717) is 23.7 Å². The van der Waals surface area contributed by atoms with E-state index in [2.05, 4.69) is 5.32 Å². The summed E-state index contributed by atoms with van der Waals surface area (Å²) < 4.78 is 26.7. The largest absolute Gasteiger partial charge is 0.354 e. The van der Waals surface area contributed by atoms with E-state index in [-0.39, 0.29) is 43.7 Å². The van der Waals surface area contributed by atoms with Crippen molar-refractivity contribution in [3.63, 3.8) is 0 Å². The van der Waals surface area contributed by atoms with E-state index in [1.165, 1.54) is 4.31 Å². The van der Waals surface area contributed by atoms with E-state index in [0.717, 1.165) is 22.9 Å². The molecule has 0 aliphatic rings. The van der Waals surface area contributed by atoms with Gasteiger partial charge in [0.15, 0.2) is 0 Å². The highest BCUT2D eigenvalue weighted by Gasteiger charge is 2.30. The molecule has 0 saturated carbocycles. The fourth-order valence-corrected chi connectivity index (χ4v) is 5.77. The SMILES string of the molecule is Cc1ccc(Cl)cc1N(CCCC(=O)N(Cc1ccccc1)C(Cc1ccccc1)C(=O)NCC(C)C)S(C)(=O)=O. The molecule has 0 spiro atoms. The van der Waals surface area contributed by atoms with E-state index in [9.17, 15) is 18.0 Å². The molecule has 3 rings (SSSR count). The lowest BCUT2D eigenvalue weighted by Gasteiger charge is -2.32. The second kappa shape index (κ2) is 15.0. The first-order valence-electron chi connectivity index (χ1n) is 13.8. The number of amides is 2. The average Bonchev–Trinajstić information content (AvgIpc) is 2.93. The van der Waals surface area contributed by atoms with Crippen molar-refractivity contribution < 1.29 is 18.0 Å². The molecule has 3 aromatic carbocycles. The molecule has 9 heteroatoms. The van der Waals surface area contributed by atoms with Gasteiger partial charge in [0.2, 0.25) is 21.8 Å². The highest BCUT2D eigenvalue weighted by atomic mass is 35.5. The lowest BCUT2D eigenvalue weighted by Crippen LogP contribution is -2.51. The summed E-state index contributed by atoms with van der Waals surface area (Å²) in [7, 11) is -3.62. The monoisotopic (exact) mass is 597 g/mol. The maximum absolute atomic E-state index is 13.9. The number of aryl methyl sites for hydroxylation is 1. The number of sulfonamides is 1. The van der Waals surface area contributed by atoms with Crippen molar-refractivity contribution in [3.05, 3.63) is 101 Å². The third-order valence-electron chi connectivity index (χ3n) is 6.74. The van der Waals surface area contributed by atoms with Crippen LogP contribution in [0.3, 0.4) is 0 Å². The van der Waals surface area contributed by atoms with Gasteiger partial charge in [0.25, 0.3) is 0 Å². The third-order valence-corrected chi connectivity index (χ3v) is 8.16. The summed E-state index contributed by atoms with van der Waals surface area (Å²) in [6.45, 7) is 6.73. The maximum Gasteiger partial charge on any atom is 0.243 e. The first-order valence-corrected chi connectivity index (χ1v) is 16.1. The predicted octanol–water partition coefficient (Wildman–Crippen LogP) is 5.61. The van der Waals surface area contributed by atoms with Crippen LogP contribution >= 0.6 is 11.6 Å². The van der Waals surface area contributed by atoms with E-state index in [1.54, 1.807) is 23.1 Å². The molecule has 41 heavy (non-hydrogen) atoms. The molecule has 7 nitrogen and oxygen atoms in total. The number of rotatable bonds is 14. The van der Waals surface area contributed by atoms with Crippen molar-refractivity contribution in [2.24, 2.45) is 5.92 Å². The summed E-state index contributed by atoms with van der Waals surface area (Å²) in [5.41, 5.74) is 3.11. The summed E-state index contributed by atoms with van der Waals surface area (Å²) in [5.74, 6) is -0.170. The van der Waals surface area contributed by atoms with Crippen LogP contribution in [0, 0.1) is 12.8 Å². The van der Waals surface area contributed by atoms with Gasteiger partial charge in [-0.3, -0.25) is 13.9 Å². The molecular formula is C32H40ClN3O4S. The van der Waals surface area contributed by atoms with Gasteiger partial charge in [0, 0.05) is 37.5 Å². The number of halogens is 1. The van der Waals surface area contributed by atoms with Gasteiger partial charge >= 0.3 is 0 Å². The smallest absolute Gasteiger partial charge is 0.243 e. The fraction of sp³-hybridized carbons (Fsp3) is 0.375. The Balaban J connectivity index is 1.87. The first-order chi connectivity index (χ1) is 19.5. The van der Waals surface area contributed by atoms with Crippen LogP contribution in [-0.4, -0.2) is 50.5 Å². The van der Waals surface area contributed by atoms with Crippen LogP contribution in [0.15, 0.2) is 78.9 Å². The molecule has 1 N–H and O–H groups in total. The molecule has 0 aliphatic carbocycles. The van der Waals surface area contributed by atoms with E-state index in [1.807, 2.05) is 81.4 Å². The van der Waals surface area contributed by atoms with Crippen LogP contribution in [0.1, 0.15) is 43.4 Å². The van der Waals surface area contributed by atoms with Crippen LogP contribution in [0.2, 0.25) is 5.02 Å². The normalized spacial score (nSPS) is 12.1. The topological polar surface area (TPSA) is 86.8 Å². The number of anilines is 1. The van der Waals surface area contributed by atoms with Gasteiger partial charge in [-0.1, -0.05) is 92.2 Å². The summed E-state index contributed by atoms with van der Waals surface area (Å²) in [4.78, 5) is 29.1. The number of carbonyl (C=O) groups excluding carboxylic acids is 2. The van der Waals surface area contributed by atoms with Crippen molar-refractivity contribution in [3.8, 4) is 0 Å². The second-order valence-corrected chi connectivity index (χ2v) is 13.1. The minimum atomic E-state index is -3.62. The molecule has 0 aliphatic heterocycles. The standard InChI is InChI=1S/C32H40ClN3O4S/c1-24(2)22-34-32(38)30(20-26-12-7-5-8-13-26)35(23-27-14-9-6-10-15-27)31(37)16-11-19-36(41(4,39)40)29-21-28(33)18-17-25(29)3/h5-10,12-15,17-18,21,24,30H,11,16,19-20,22-23H2,1-4H3,(H,34,38). The van der Waals surface area contributed by atoms with Crippen molar-refractivity contribution in [1.82, 2.24) is 10.2 Å². The van der Waals surface area contributed by atoms with E-state index in [4.69, 9.17) is 11.6 Å². The Morgan fingerprint density at radius 1 is 0.927 bits per heavy atom. The summed E-state index contributed by atoms with van der Waals surface area (Å²) >= 11 is 6.17. The third kappa shape index (κ3) is 9.90. The molecule has 220 valence electrons. The minimum absolute atomic E-state index is 0.0707. The van der Waals surface area contributed by atoms with Crippen molar-refractivity contribution in [2.45, 2.75) is 52.6 Å². The zero-order valence-corrected chi connectivity index (χ0v) is 25.8. The van der Waals surface area contributed by atoms with Gasteiger partial charge in [-0.05, 0) is 48.1 Å². The van der Waals surface area contributed by atoms with Gasteiger partial charge < -0.3 is 10.2 Å². The number of benzene rings is 3. The Labute approximate surface area is 249 Å². The molecule has 3 aromatic rings. The maximum atomic E-state index is 13.9. The van der Waals surface area contributed by atoms with Crippen LogP contribution in [-0.2, 0) is 32.6 Å².